The first-order valence-corrected chi connectivity index (χ1v) is 6.78. The highest BCUT2D eigenvalue weighted by atomic mass is 16.5. The molecule has 1 aromatic carbocycles. The van der Waals surface area contributed by atoms with E-state index in [4.69, 9.17) is 14.0 Å². The molecule has 1 aliphatic heterocycles. The van der Waals surface area contributed by atoms with Crippen LogP contribution in [0, 0.1) is 0 Å². The van der Waals surface area contributed by atoms with Gasteiger partial charge >= 0.3 is 0 Å². The highest BCUT2D eigenvalue weighted by Gasteiger charge is 2.18. The van der Waals surface area contributed by atoms with E-state index in [0.29, 0.717) is 30.5 Å². The van der Waals surface area contributed by atoms with Crippen molar-refractivity contribution in [3.63, 3.8) is 0 Å². The summed E-state index contributed by atoms with van der Waals surface area (Å²) >= 11 is 0. The van der Waals surface area contributed by atoms with Crippen LogP contribution in [0.25, 0.3) is 11.4 Å². The Bertz CT molecular complexity index is 608. The van der Waals surface area contributed by atoms with Gasteiger partial charge in [0.25, 0.3) is 0 Å². The number of methoxy groups -OCH3 is 1. The lowest BCUT2D eigenvalue weighted by Gasteiger charge is -2.21. The zero-order chi connectivity index (χ0) is 14.7. The van der Waals surface area contributed by atoms with Gasteiger partial charge in [-0.1, -0.05) is 5.16 Å². The van der Waals surface area contributed by atoms with Gasteiger partial charge < -0.3 is 24.4 Å². The van der Waals surface area contributed by atoms with E-state index in [9.17, 15) is 5.11 Å². The van der Waals surface area contributed by atoms with Crippen molar-refractivity contribution in [1.82, 2.24) is 15.5 Å². The third-order valence-corrected chi connectivity index (χ3v) is 3.31. The average molecular weight is 291 g/mol. The Kier molecular flexibility index (Phi) is 4.03. The van der Waals surface area contributed by atoms with Crippen LogP contribution < -0.4 is 10.1 Å². The van der Waals surface area contributed by atoms with Crippen molar-refractivity contribution in [2.75, 3.05) is 26.8 Å². The van der Waals surface area contributed by atoms with Crippen molar-refractivity contribution < 1.29 is 19.1 Å². The summed E-state index contributed by atoms with van der Waals surface area (Å²) in [5.41, 5.74) is 0.724. The van der Waals surface area contributed by atoms with E-state index in [1.807, 2.05) is 0 Å². The summed E-state index contributed by atoms with van der Waals surface area (Å²) in [6.07, 6.45) is 0.635. The van der Waals surface area contributed by atoms with Crippen molar-refractivity contribution in [3.8, 4) is 22.9 Å². The smallest absolute Gasteiger partial charge is 0.229 e. The van der Waals surface area contributed by atoms with Gasteiger partial charge in [0.05, 0.1) is 26.2 Å². The van der Waals surface area contributed by atoms with Crippen LogP contribution in [0.15, 0.2) is 22.7 Å². The molecule has 7 heteroatoms. The molecule has 7 nitrogen and oxygen atoms in total. The van der Waals surface area contributed by atoms with Crippen molar-refractivity contribution in [3.05, 3.63) is 24.1 Å². The van der Waals surface area contributed by atoms with Gasteiger partial charge in [0.2, 0.25) is 11.7 Å². The molecule has 1 unspecified atom stereocenters. The van der Waals surface area contributed by atoms with E-state index in [1.54, 1.807) is 18.2 Å². The summed E-state index contributed by atoms with van der Waals surface area (Å²) in [7, 11) is 1.49. The first kappa shape index (κ1) is 13.8. The molecular weight excluding hydrogens is 274 g/mol. The standard InChI is InChI=1S/C14H17N3O4/c1-19-12-6-9(2-3-11(12)18)14-16-13(21-17-14)7-10-8-15-4-5-20-10/h2-3,6,10,15,18H,4-5,7-8H2,1H3. The maximum Gasteiger partial charge on any atom is 0.229 e. The third-order valence-electron chi connectivity index (χ3n) is 3.31. The molecule has 0 radical (unpaired) electrons. The van der Waals surface area contributed by atoms with Gasteiger partial charge in [-0.15, -0.1) is 0 Å². The number of ether oxygens (including phenoxy) is 2. The van der Waals surface area contributed by atoms with Gasteiger partial charge in [-0.25, -0.2) is 0 Å². The highest BCUT2D eigenvalue weighted by molar-refractivity contribution is 5.60. The number of nitrogens with one attached hydrogen (secondary N) is 1. The molecule has 2 N–H and O–H groups in total. The second-order valence-electron chi connectivity index (χ2n) is 4.80. The van der Waals surface area contributed by atoms with E-state index >= 15 is 0 Å². The lowest BCUT2D eigenvalue weighted by atomic mass is 10.2. The Labute approximate surface area is 121 Å². The minimum absolute atomic E-state index is 0.0569. The van der Waals surface area contributed by atoms with Crippen LogP contribution >= 0.6 is 0 Å². The summed E-state index contributed by atoms with van der Waals surface area (Å²) in [5.74, 6) is 1.45. The number of phenolic OH excluding ortho intramolecular Hbond substituents is 1. The molecule has 0 saturated carbocycles. The topological polar surface area (TPSA) is 89.6 Å². The molecule has 21 heavy (non-hydrogen) atoms. The minimum Gasteiger partial charge on any atom is -0.504 e. The molecule has 0 bridgehead atoms. The molecule has 0 aliphatic carbocycles. The van der Waals surface area contributed by atoms with Gasteiger partial charge in [-0.3, -0.25) is 0 Å². The zero-order valence-corrected chi connectivity index (χ0v) is 11.7. The molecule has 1 saturated heterocycles. The lowest BCUT2D eigenvalue weighted by Crippen LogP contribution is -2.39. The van der Waals surface area contributed by atoms with Crippen molar-refractivity contribution in [1.29, 1.82) is 0 Å². The maximum absolute atomic E-state index is 9.59. The fourth-order valence-corrected chi connectivity index (χ4v) is 2.22. The zero-order valence-electron chi connectivity index (χ0n) is 11.7. The first-order valence-electron chi connectivity index (χ1n) is 6.78. The summed E-state index contributed by atoms with van der Waals surface area (Å²) in [5, 5.41) is 16.8. The number of aromatic hydroxyl groups is 1. The fourth-order valence-electron chi connectivity index (χ4n) is 2.22. The number of morpholine rings is 1. The Hall–Kier alpha value is -2.12. The maximum atomic E-state index is 9.59. The molecule has 0 amide bonds. The summed E-state index contributed by atoms with van der Waals surface area (Å²) in [6.45, 7) is 2.35. The van der Waals surface area contributed by atoms with Crippen LogP contribution in [0.2, 0.25) is 0 Å². The summed E-state index contributed by atoms with van der Waals surface area (Å²) in [6, 6.07) is 4.92. The minimum atomic E-state index is 0.0569. The Morgan fingerprint density at radius 2 is 2.38 bits per heavy atom. The van der Waals surface area contributed by atoms with Crippen LogP contribution in [-0.4, -0.2) is 48.2 Å². The van der Waals surface area contributed by atoms with Gasteiger partial charge in [0.1, 0.15) is 0 Å². The summed E-state index contributed by atoms with van der Waals surface area (Å²) in [4.78, 5) is 4.36. The number of hydrogen-bond donors (Lipinski definition) is 2. The van der Waals surface area contributed by atoms with E-state index < -0.39 is 0 Å². The number of hydrogen-bond acceptors (Lipinski definition) is 7. The van der Waals surface area contributed by atoms with Crippen molar-refractivity contribution >= 4 is 0 Å². The quantitative estimate of drug-likeness (QED) is 0.868. The molecule has 2 heterocycles. The van der Waals surface area contributed by atoms with E-state index in [2.05, 4.69) is 15.5 Å². The average Bonchev–Trinajstić information content (AvgIpc) is 2.97. The van der Waals surface area contributed by atoms with E-state index in [1.165, 1.54) is 7.11 Å². The van der Waals surface area contributed by atoms with Crippen LogP contribution in [0.1, 0.15) is 5.89 Å². The van der Waals surface area contributed by atoms with Crippen molar-refractivity contribution in [2.45, 2.75) is 12.5 Å². The third kappa shape index (κ3) is 3.14. The van der Waals surface area contributed by atoms with Crippen LogP contribution in [0.4, 0.5) is 0 Å². The number of phenols is 1. The van der Waals surface area contributed by atoms with Gasteiger partial charge in [0.15, 0.2) is 11.5 Å². The van der Waals surface area contributed by atoms with Gasteiger partial charge in [-0.05, 0) is 18.2 Å². The van der Waals surface area contributed by atoms with E-state index in [-0.39, 0.29) is 11.9 Å². The molecule has 112 valence electrons. The molecule has 1 fully saturated rings. The lowest BCUT2D eigenvalue weighted by molar-refractivity contribution is 0.0246. The molecule has 1 atom stereocenters. The second-order valence-corrected chi connectivity index (χ2v) is 4.80. The predicted molar refractivity (Wildman–Crippen MR) is 74.3 cm³/mol. The normalized spacial score (nSPS) is 18.6. The Morgan fingerprint density at radius 3 is 3.14 bits per heavy atom. The Balaban J connectivity index is 1.74. The molecular formula is C14H17N3O4. The molecule has 3 rings (SSSR count). The molecule has 2 aromatic rings. The van der Waals surface area contributed by atoms with Crippen LogP contribution in [0.5, 0.6) is 11.5 Å². The number of aromatic nitrogens is 2. The number of nitrogens with zero attached hydrogens (tertiary/aromatic N) is 2. The first-order chi connectivity index (χ1) is 10.3. The predicted octanol–water partition coefficient (Wildman–Crippen LogP) is 0.982. The Morgan fingerprint density at radius 1 is 1.48 bits per heavy atom. The fraction of sp³-hybridized carbons (Fsp3) is 0.429. The van der Waals surface area contributed by atoms with Crippen LogP contribution in [0.3, 0.4) is 0 Å². The highest BCUT2D eigenvalue weighted by Crippen LogP contribution is 2.30. The molecule has 1 aliphatic rings. The summed E-state index contributed by atoms with van der Waals surface area (Å²) < 4.78 is 15.9. The van der Waals surface area contributed by atoms with Gasteiger partial charge in [-0.2, -0.15) is 4.98 Å². The number of rotatable bonds is 4. The SMILES string of the molecule is COc1cc(-c2noc(CC3CNCCO3)n2)ccc1O. The number of benzene rings is 1. The second kappa shape index (κ2) is 6.11. The monoisotopic (exact) mass is 291 g/mol. The molecule has 0 spiro atoms. The largest absolute Gasteiger partial charge is 0.504 e. The van der Waals surface area contributed by atoms with Gasteiger partial charge in [0, 0.05) is 18.7 Å². The van der Waals surface area contributed by atoms with E-state index in [0.717, 1.165) is 18.7 Å². The van der Waals surface area contributed by atoms with Crippen molar-refractivity contribution in [2.24, 2.45) is 0 Å². The van der Waals surface area contributed by atoms with Crippen LogP contribution in [-0.2, 0) is 11.2 Å². The molecule has 1 aromatic heterocycles.